The van der Waals surface area contributed by atoms with Crippen molar-refractivity contribution < 1.29 is 0 Å². The lowest BCUT2D eigenvalue weighted by atomic mass is 10.2. The summed E-state index contributed by atoms with van der Waals surface area (Å²) in [6, 6.07) is 0. The van der Waals surface area contributed by atoms with Crippen LogP contribution in [-0.2, 0) is 0 Å². The molecule has 8 heavy (non-hydrogen) atoms. The molecule has 0 saturated heterocycles. The lowest BCUT2D eigenvalue weighted by molar-refractivity contribution is 0.828. The molecule has 2 nitrogen and oxygen atoms in total. The van der Waals surface area contributed by atoms with E-state index in [-0.39, 0.29) is 12.4 Å². The number of halogens is 1. The van der Waals surface area contributed by atoms with Gasteiger partial charge in [-0.2, -0.15) is 0 Å². The van der Waals surface area contributed by atoms with Crippen molar-refractivity contribution in [1.29, 1.82) is 5.41 Å². The topological polar surface area (TPSA) is 49.9 Å². The van der Waals surface area contributed by atoms with Gasteiger partial charge < -0.3 is 5.73 Å². The van der Waals surface area contributed by atoms with E-state index in [1.807, 2.05) is 0 Å². The summed E-state index contributed by atoms with van der Waals surface area (Å²) in [6.07, 6.45) is 2.94. The highest BCUT2D eigenvalue weighted by Crippen LogP contribution is 1.90. The van der Waals surface area contributed by atoms with Gasteiger partial charge in [0, 0.05) is 6.42 Å². The van der Waals surface area contributed by atoms with Crippen LogP contribution in [-0.4, -0.2) is 5.84 Å². The van der Waals surface area contributed by atoms with Gasteiger partial charge in [-0.1, -0.05) is 13.3 Å². The SMILES string of the molecule is CCCCC(=N)N.Cl. The fourth-order valence-corrected chi connectivity index (χ4v) is 0.367. The van der Waals surface area contributed by atoms with Crippen LogP contribution in [0.15, 0.2) is 0 Å². The van der Waals surface area contributed by atoms with Crippen molar-refractivity contribution in [2.24, 2.45) is 5.73 Å². The second-order valence-corrected chi connectivity index (χ2v) is 1.63. The molecule has 0 aliphatic carbocycles. The van der Waals surface area contributed by atoms with Gasteiger partial charge >= 0.3 is 0 Å². The summed E-state index contributed by atoms with van der Waals surface area (Å²) in [4.78, 5) is 0. The van der Waals surface area contributed by atoms with Crippen LogP contribution in [0.25, 0.3) is 0 Å². The third-order valence-electron chi connectivity index (χ3n) is 0.800. The van der Waals surface area contributed by atoms with Crippen LogP contribution < -0.4 is 5.73 Å². The number of unbranched alkanes of at least 4 members (excludes halogenated alkanes) is 1. The van der Waals surface area contributed by atoms with Crippen LogP contribution in [0.2, 0.25) is 0 Å². The fourth-order valence-electron chi connectivity index (χ4n) is 0.367. The monoisotopic (exact) mass is 136 g/mol. The Hall–Kier alpha value is -0.240. The zero-order valence-corrected chi connectivity index (χ0v) is 5.92. The van der Waals surface area contributed by atoms with Crippen molar-refractivity contribution >= 4 is 18.2 Å². The maximum absolute atomic E-state index is 6.78. The summed E-state index contributed by atoms with van der Waals surface area (Å²) in [5.74, 6) is 0.307. The summed E-state index contributed by atoms with van der Waals surface area (Å²) >= 11 is 0. The number of amidine groups is 1. The molecule has 0 bridgehead atoms. The molecular formula is C5H13ClN2. The van der Waals surface area contributed by atoms with Crippen LogP contribution >= 0.6 is 12.4 Å². The third-order valence-corrected chi connectivity index (χ3v) is 0.800. The predicted octanol–water partition coefficient (Wildman–Crippen LogP) is 1.53. The molecule has 0 aliphatic heterocycles. The summed E-state index contributed by atoms with van der Waals surface area (Å²) < 4.78 is 0. The molecule has 3 N–H and O–H groups in total. The fraction of sp³-hybridized carbons (Fsp3) is 0.800. The maximum atomic E-state index is 6.78. The molecule has 0 aliphatic rings. The van der Waals surface area contributed by atoms with Gasteiger partial charge in [0.05, 0.1) is 5.84 Å². The molecule has 0 spiro atoms. The minimum Gasteiger partial charge on any atom is -0.388 e. The Morgan fingerprint density at radius 1 is 1.62 bits per heavy atom. The first-order valence-corrected chi connectivity index (χ1v) is 2.60. The summed E-state index contributed by atoms with van der Waals surface area (Å²) in [5.41, 5.74) is 5.06. The predicted molar refractivity (Wildman–Crippen MR) is 38.7 cm³/mol. The molecule has 0 heterocycles. The van der Waals surface area contributed by atoms with Gasteiger partial charge in [-0.25, -0.2) is 0 Å². The largest absolute Gasteiger partial charge is 0.388 e. The van der Waals surface area contributed by atoms with Crippen molar-refractivity contribution in [1.82, 2.24) is 0 Å². The van der Waals surface area contributed by atoms with Crippen molar-refractivity contribution in [3.8, 4) is 0 Å². The van der Waals surface area contributed by atoms with Crippen LogP contribution in [0, 0.1) is 5.41 Å². The Bertz CT molecular complexity index is 63.4. The summed E-state index contributed by atoms with van der Waals surface area (Å²) in [7, 11) is 0. The Kier molecular flexibility index (Phi) is 9.03. The van der Waals surface area contributed by atoms with E-state index < -0.39 is 0 Å². The highest BCUT2D eigenvalue weighted by atomic mass is 35.5. The van der Waals surface area contributed by atoms with E-state index in [9.17, 15) is 0 Å². The highest BCUT2D eigenvalue weighted by molar-refractivity contribution is 5.85. The number of hydrogen-bond donors (Lipinski definition) is 2. The first kappa shape index (κ1) is 10.7. The Balaban J connectivity index is 0. The van der Waals surface area contributed by atoms with E-state index in [2.05, 4.69) is 6.92 Å². The van der Waals surface area contributed by atoms with Crippen molar-refractivity contribution in [3.05, 3.63) is 0 Å². The highest BCUT2D eigenvalue weighted by Gasteiger charge is 1.83. The van der Waals surface area contributed by atoms with Gasteiger partial charge in [0.25, 0.3) is 0 Å². The number of nitrogens with one attached hydrogen (secondary N) is 1. The molecule has 0 amide bonds. The van der Waals surface area contributed by atoms with E-state index >= 15 is 0 Å². The van der Waals surface area contributed by atoms with Gasteiger partial charge in [0.1, 0.15) is 0 Å². The van der Waals surface area contributed by atoms with Crippen LogP contribution in [0.3, 0.4) is 0 Å². The van der Waals surface area contributed by atoms with E-state index in [1.165, 1.54) is 0 Å². The average molecular weight is 137 g/mol. The Morgan fingerprint density at radius 2 is 2.12 bits per heavy atom. The van der Waals surface area contributed by atoms with Gasteiger partial charge in [-0.05, 0) is 6.42 Å². The summed E-state index contributed by atoms with van der Waals surface area (Å²) in [5, 5.41) is 6.78. The van der Waals surface area contributed by atoms with Crippen molar-refractivity contribution in [2.45, 2.75) is 26.2 Å². The van der Waals surface area contributed by atoms with Gasteiger partial charge in [0.2, 0.25) is 0 Å². The molecule has 0 unspecified atom stereocenters. The molecular weight excluding hydrogens is 124 g/mol. The van der Waals surface area contributed by atoms with Crippen molar-refractivity contribution in [2.75, 3.05) is 0 Å². The first-order chi connectivity index (χ1) is 3.27. The van der Waals surface area contributed by atoms with E-state index in [4.69, 9.17) is 11.1 Å². The van der Waals surface area contributed by atoms with Gasteiger partial charge in [0.15, 0.2) is 0 Å². The Labute approximate surface area is 56.4 Å². The zero-order chi connectivity index (χ0) is 5.70. The van der Waals surface area contributed by atoms with Crippen LogP contribution in [0.4, 0.5) is 0 Å². The average Bonchev–Trinajstić information content (AvgIpc) is 1.61. The van der Waals surface area contributed by atoms with E-state index in [0.29, 0.717) is 5.84 Å². The molecule has 0 aromatic carbocycles. The normalized spacial score (nSPS) is 7.62. The number of hydrogen-bond acceptors (Lipinski definition) is 1. The lowest BCUT2D eigenvalue weighted by Crippen LogP contribution is -2.07. The summed E-state index contributed by atoms with van der Waals surface area (Å²) in [6.45, 7) is 2.09. The van der Waals surface area contributed by atoms with Crippen LogP contribution in [0.1, 0.15) is 26.2 Å². The second kappa shape index (κ2) is 6.76. The number of nitrogens with two attached hydrogens (primary N) is 1. The number of rotatable bonds is 3. The molecule has 0 atom stereocenters. The van der Waals surface area contributed by atoms with E-state index in [0.717, 1.165) is 19.3 Å². The molecule has 0 aromatic heterocycles. The molecule has 0 radical (unpaired) electrons. The van der Waals surface area contributed by atoms with E-state index in [1.54, 1.807) is 0 Å². The maximum Gasteiger partial charge on any atom is 0.0905 e. The smallest absolute Gasteiger partial charge is 0.0905 e. The molecule has 0 rings (SSSR count). The minimum atomic E-state index is 0. The van der Waals surface area contributed by atoms with Crippen molar-refractivity contribution in [3.63, 3.8) is 0 Å². The molecule has 0 fully saturated rings. The molecule has 0 saturated carbocycles. The van der Waals surface area contributed by atoms with Crippen LogP contribution in [0.5, 0.6) is 0 Å². The van der Waals surface area contributed by atoms with Gasteiger partial charge in [-0.3, -0.25) is 5.41 Å². The quantitative estimate of drug-likeness (QED) is 0.449. The lowest BCUT2D eigenvalue weighted by Gasteiger charge is -1.90. The second-order valence-electron chi connectivity index (χ2n) is 1.63. The third kappa shape index (κ3) is 9.23. The standard InChI is InChI=1S/C5H12N2.ClH/c1-2-3-4-5(6)7;/h2-4H2,1H3,(H3,6,7);1H. The molecule has 0 aromatic rings. The first-order valence-electron chi connectivity index (χ1n) is 2.60. The molecule has 3 heteroatoms. The molecule has 50 valence electrons. The van der Waals surface area contributed by atoms with Gasteiger partial charge in [-0.15, -0.1) is 12.4 Å². The minimum absolute atomic E-state index is 0. The zero-order valence-electron chi connectivity index (χ0n) is 5.11. The Morgan fingerprint density at radius 3 is 2.25 bits per heavy atom.